The van der Waals surface area contributed by atoms with E-state index < -0.39 is 0 Å². The zero-order valence-electron chi connectivity index (χ0n) is 11.6. The van der Waals surface area contributed by atoms with Gasteiger partial charge in [-0.05, 0) is 50.9 Å². The van der Waals surface area contributed by atoms with E-state index in [2.05, 4.69) is 28.2 Å². The molecule has 3 nitrogen and oxygen atoms in total. The minimum absolute atomic E-state index is 0.148. The van der Waals surface area contributed by atoms with Crippen LogP contribution in [0.25, 0.3) is 0 Å². The maximum absolute atomic E-state index is 12.7. The molecule has 0 radical (unpaired) electrons. The van der Waals surface area contributed by atoms with Crippen molar-refractivity contribution in [1.82, 2.24) is 10.2 Å². The Labute approximate surface area is 123 Å². The molecule has 4 heteroatoms. The van der Waals surface area contributed by atoms with Crippen molar-refractivity contribution in [2.75, 3.05) is 19.6 Å². The second kappa shape index (κ2) is 6.53. The number of benzene rings is 1. The Balaban J connectivity index is 2.22. The molecule has 1 unspecified atom stereocenters. The number of nitrogens with zero attached hydrogens (tertiary/aromatic N) is 1. The molecular formula is C15H21BrN2O. The Morgan fingerprint density at radius 1 is 1.53 bits per heavy atom. The summed E-state index contributed by atoms with van der Waals surface area (Å²) in [4.78, 5) is 14.7. The Bertz CT molecular complexity index is 455. The summed E-state index contributed by atoms with van der Waals surface area (Å²) in [5.74, 6) is 0.148. The molecule has 0 aliphatic carbocycles. The van der Waals surface area contributed by atoms with Crippen molar-refractivity contribution >= 4 is 21.8 Å². The summed E-state index contributed by atoms with van der Waals surface area (Å²) in [6, 6.07) is 6.15. The number of rotatable bonds is 3. The van der Waals surface area contributed by atoms with Gasteiger partial charge in [-0.3, -0.25) is 4.79 Å². The van der Waals surface area contributed by atoms with Crippen molar-refractivity contribution in [2.24, 2.45) is 0 Å². The Hall–Kier alpha value is -0.870. The normalized spacial score (nSPS) is 19.2. The maximum atomic E-state index is 12.7. The van der Waals surface area contributed by atoms with E-state index in [0.29, 0.717) is 6.04 Å². The van der Waals surface area contributed by atoms with E-state index in [4.69, 9.17) is 0 Å². The molecule has 1 N–H and O–H groups in total. The first-order chi connectivity index (χ1) is 9.15. The molecule has 0 saturated carbocycles. The van der Waals surface area contributed by atoms with E-state index in [1.807, 2.05) is 30.0 Å². The largest absolute Gasteiger partial charge is 0.335 e. The number of hydrogen-bond donors (Lipinski definition) is 1. The third-order valence-electron chi connectivity index (χ3n) is 3.81. The fraction of sp³-hybridized carbons (Fsp3) is 0.533. The lowest BCUT2D eigenvalue weighted by atomic mass is 10.0. The number of piperidine rings is 1. The van der Waals surface area contributed by atoms with Crippen molar-refractivity contribution < 1.29 is 4.79 Å². The molecule has 1 heterocycles. The standard InChI is InChI=1S/C15H21BrN2O/c1-3-18(12-6-5-9-17-10-12)15(19)13-7-4-8-14(16)11(13)2/h4,7-8,12,17H,3,5-6,9-10H2,1-2H3. The van der Waals surface area contributed by atoms with Crippen LogP contribution in [-0.2, 0) is 0 Å². The van der Waals surface area contributed by atoms with E-state index in [1.165, 1.54) is 0 Å². The van der Waals surface area contributed by atoms with Gasteiger partial charge >= 0.3 is 0 Å². The lowest BCUT2D eigenvalue weighted by Gasteiger charge is -2.34. The van der Waals surface area contributed by atoms with Gasteiger partial charge in [-0.25, -0.2) is 0 Å². The highest BCUT2D eigenvalue weighted by Gasteiger charge is 2.25. The summed E-state index contributed by atoms with van der Waals surface area (Å²) in [7, 11) is 0. The van der Waals surface area contributed by atoms with Crippen LogP contribution in [0.3, 0.4) is 0 Å². The molecule has 1 saturated heterocycles. The molecule has 104 valence electrons. The van der Waals surface area contributed by atoms with E-state index >= 15 is 0 Å². The van der Waals surface area contributed by atoms with E-state index in [1.54, 1.807) is 0 Å². The van der Waals surface area contributed by atoms with Gasteiger partial charge in [0, 0.05) is 29.2 Å². The predicted octanol–water partition coefficient (Wildman–Crippen LogP) is 2.97. The van der Waals surface area contributed by atoms with Crippen molar-refractivity contribution in [2.45, 2.75) is 32.7 Å². The molecule has 1 amide bonds. The second-order valence-corrected chi connectivity index (χ2v) is 5.86. The van der Waals surface area contributed by atoms with Gasteiger partial charge in [0.2, 0.25) is 0 Å². The highest BCUT2D eigenvalue weighted by atomic mass is 79.9. The molecule has 1 aliphatic rings. The fourth-order valence-electron chi connectivity index (χ4n) is 2.66. The Morgan fingerprint density at radius 3 is 2.95 bits per heavy atom. The summed E-state index contributed by atoms with van der Waals surface area (Å²) in [5, 5.41) is 3.38. The van der Waals surface area contributed by atoms with Crippen molar-refractivity contribution in [3.8, 4) is 0 Å². The molecule has 1 atom stereocenters. The van der Waals surface area contributed by atoms with Gasteiger partial charge in [-0.2, -0.15) is 0 Å². The summed E-state index contributed by atoms with van der Waals surface area (Å²) in [6.07, 6.45) is 2.24. The number of carbonyl (C=O) groups is 1. The number of nitrogens with one attached hydrogen (secondary N) is 1. The first-order valence-electron chi connectivity index (χ1n) is 6.92. The molecule has 1 aromatic carbocycles. The Kier molecular flexibility index (Phi) is 4.99. The molecule has 0 bridgehead atoms. The molecule has 0 spiro atoms. The van der Waals surface area contributed by atoms with E-state index in [9.17, 15) is 4.79 Å². The van der Waals surface area contributed by atoms with Crippen LogP contribution in [0.1, 0.15) is 35.7 Å². The molecule has 19 heavy (non-hydrogen) atoms. The predicted molar refractivity (Wildman–Crippen MR) is 81.5 cm³/mol. The van der Waals surface area contributed by atoms with Crippen LogP contribution in [-0.4, -0.2) is 36.5 Å². The summed E-state index contributed by atoms with van der Waals surface area (Å²) in [5.41, 5.74) is 1.83. The second-order valence-electron chi connectivity index (χ2n) is 5.00. The first-order valence-corrected chi connectivity index (χ1v) is 7.71. The Morgan fingerprint density at radius 2 is 2.32 bits per heavy atom. The quantitative estimate of drug-likeness (QED) is 0.927. The minimum Gasteiger partial charge on any atom is -0.335 e. The zero-order valence-corrected chi connectivity index (χ0v) is 13.2. The monoisotopic (exact) mass is 324 g/mol. The van der Waals surface area contributed by atoms with Crippen LogP contribution in [0.2, 0.25) is 0 Å². The summed E-state index contributed by atoms with van der Waals surface area (Å²) < 4.78 is 0.996. The number of amides is 1. The van der Waals surface area contributed by atoms with Crippen LogP contribution in [0.15, 0.2) is 22.7 Å². The van der Waals surface area contributed by atoms with Crippen LogP contribution in [0.5, 0.6) is 0 Å². The van der Waals surface area contributed by atoms with Crippen LogP contribution >= 0.6 is 15.9 Å². The molecule has 1 aliphatic heterocycles. The maximum Gasteiger partial charge on any atom is 0.254 e. The van der Waals surface area contributed by atoms with E-state index in [0.717, 1.165) is 48.1 Å². The van der Waals surface area contributed by atoms with Gasteiger partial charge in [-0.1, -0.05) is 22.0 Å². The molecule has 1 aromatic rings. The summed E-state index contributed by atoms with van der Waals surface area (Å²) in [6.45, 7) is 6.78. The van der Waals surface area contributed by atoms with Gasteiger partial charge in [0.15, 0.2) is 0 Å². The van der Waals surface area contributed by atoms with Gasteiger partial charge in [-0.15, -0.1) is 0 Å². The lowest BCUT2D eigenvalue weighted by Crippen LogP contribution is -2.48. The number of likely N-dealkylation sites (N-methyl/N-ethyl adjacent to an activating group) is 1. The SMILES string of the molecule is CCN(C(=O)c1cccc(Br)c1C)C1CCCNC1. The first kappa shape index (κ1) is 14.5. The van der Waals surface area contributed by atoms with Crippen LogP contribution in [0.4, 0.5) is 0 Å². The smallest absolute Gasteiger partial charge is 0.254 e. The van der Waals surface area contributed by atoms with E-state index in [-0.39, 0.29) is 5.91 Å². The molecular weight excluding hydrogens is 304 g/mol. The zero-order chi connectivity index (χ0) is 13.8. The minimum atomic E-state index is 0.148. The highest BCUT2D eigenvalue weighted by molar-refractivity contribution is 9.10. The van der Waals surface area contributed by atoms with Crippen molar-refractivity contribution in [3.05, 3.63) is 33.8 Å². The number of halogens is 1. The third kappa shape index (κ3) is 3.18. The molecule has 0 aromatic heterocycles. The van der Waals surface area contributed by atoms with Crippen molar-refractivity contribution in [1.29, 1.82) is 0 Å². The van der Waals surface area contributed by atoms with Gasteiger partial charge < -0.3 is 10.2 Å². The molecule has 1 fully saturated rings. The third-order valence-corrected chi connectivity index (χ3v) is 4.67. The topological polar surface area (TPSA) is 32.3 Å². The summed E-state index contributed by atoms with van der Waals surface area (Å²) >= 11 is 3.50. The average molecular weight is 325 g/mol. The average Bonchev–Trinajstić information content (AvgIpc) is 2.44. The lowest BCUT2D eigenvalue weighted by molar-refractivity contribution is 0.0661. The fourth-order valence-corrected chi connectivity index (χ4v) is 3.03. The van der Waals surface area contributed by atoms with Crippen molar-refractivity contribution in [3.63, 3.8) is 0 Å². The van der Waals surface area contributed by atoms with Crippen LogP contribution in [0, 0.1) is 6.92 Å². The van der Waals surface area contributed by atoms with Gasteiger partial charge in [0.25, 0.3) is 5.91 Å². The molecule has 2 rings (SSSR count). The van der Waals surface area contributed by atoms with Gasteiger partial charge in [0.1, 0.15) is 0 Å². The number of hydrogen-bond acceptors (Lipinski definition) is 2. The van der Waals surface area contributed by atoms with Gasteiger partial charge in [0.05, 0.1) is 0 Å². The highest BCUT2D eigenvalue weighted by Crippen LogP contribution is 2.22. The number of carbonyl (C=O) groups excluding carboxylic acids is 1. The van der Waals surface area contributed by atoms with Crippen LogP contribution < -0.4 is 5.32 Å².